The molecule has 0 bridgehead atoms. The Hall–Kier alpha value is -1.64. The third-order valence-corrected chi connectivity index (χ3v) is 6.05. The van der Waals surface area contributed by atoms with E-state index < -0.39 is 16.0 Å². The van der Waals surface area contributed by atoms with Gasteiger partial charge in [0.05, 0.1) is 19.1 Å². The van der Waals surface area contributed by atoms with Crippen molar-refractivity contribution in [3.63, 3.8) is 0 Å². The summed E-state index contributed by atoms with van der Waals surface area (Å²) < 4.78 is 37.1. The predicted molar refractivity (Wildman–Crippen MR) is 89.7 cm³/mol. The summed E-state index contributed by atoms with van der Waals surface area (Å²) in [6, 6.07) is 4.22. The summed E-state index contributed by atoms with van der Waals surface area (Å²) in [5.41, 5.74) is 0.200. The molecule has 1 aliphatic rings. The molecule has 2 rings (SSSR count). The van der Waals surface area contributed by atoms with E-state index in [1.807, 2.05) is 7.05 Å². The van der Waals surface area contributed by atoms with Crippen molar-refractivity contribution in [1.82, 2.24) is 9.62 Å². The van der Waals surface area contributed by atoms with Gasteiger partial charge in [-0.15, -0.1) is 0 Å². The molecule has 1 N–H and O–H groups in total. The molecule has 0 aromatic heterocycles. The second-order valence-corrected chi connectivity index (χ2v) is 7.72. The molecule has 7 nitrogen and oxygen atoms in total. The van der Waals surface area contributed by atoms with E-state index in [9.17, 15) is 13.2 Å². The van der Waals surface area contributed by atoms with Crippen LogP contribution in [0.3, 0.4) is 0 Å². The van der Waals surface area contributed by atoms with E-state index in [2.05, 4.69) is 10.1 Å². The number of carbonyl (C=O) groups is 1. The quantitative estimate of drug-likeness (QED) is 0.769. The number of rotatable bonds is 6. The molecule has 1 aliphatic heterocycles. The molecule has 1 unspecified atom stereocenters. The van der Waals surface area contributed by atoms with Crippen molar-refractivity contribution in [3.8, 4) is 5.75 Å². The molecule has 1 saturated heterocycles. The van der Waals surface area contributed by atoms with Crippen molar-refractivity contribution in [3.05, 3.63) is 23.8 Å². The molecule has 0 amide bonds. The number of sulfonamides is 1. The number of benzene rings is 1. The van der Waals surface area contributed by atoms with Crippen molar-refractivity contribution in [2.24, 2.45) is 5.92 Å². The van der Waals surface area contributed by atoms with Gasteiger partial charge in [-0.1, -0.05) is 0 Å². The van der Waals surface area contributed by atoms with Crippen LogP contribution >= 0.6 is 0 Å². The van der Waals surface area contributed by atoms with Crippen LogP contribution in [-0.4, -0.2) is 59.6 Å². The third-order valence-electron chi connectivity index (χ3n) is 4.19. The largest absolute Gasteiger partial charge is 0.496 e. The lowest BCUT2D eigenvalue weighted by Crippen LogP contribution is -2.42. The zero-order chi connectivity index (χ0) is 17.7. The summed E-state index contributed by atoms with van der Waals surface area (Å²) in [5, 5.41) is 3.10. The maximum atomic E-state index is 12.9. The van der Waals surface area contributed by atoms with E-state index in [1.165, 1.54) is 36.7 Å². The van der Waals surface area contributed by atoms with Crippen LogP contribution in [0.15, 0.2) is 23.1 Å². The van der Waals surface area contributed by atoms with E-state index in [4.69, 9.17) is 4.74 Å². The number of methoxy groups -OCH3 is 2. The van der Waals surface area contributed by atoms with Crippen LogP contribution in [0, 0.1) is 5.92 Å². The Morgan fingerprint density at radius 2 is 2.12 bits per heavy atom. The first-order valence-corrected chi connectivity index (χ1v) is 9.29. The van der Waals surface area contributed by atoms with Gasteiger partial charge < -0.3 is 14.8 Å². The molecule has 134 valence electrons. The zero-order valence-corrected chi connectivity index (χ0v) is 15.1. The number of hydrogen-bond acceptors (Lipinski definition) is 6. The van der Waals surface area contributed by atoms with Gasteiger partial charge in [-0.2, -0.15) is 4.31 Å². The molecule has 0 aliphatic carbocycles. The molecular formula is C16H24N2O5S. The van der Waals surface area contributed by atoms with Crippen LogP contribution in [-0.2, 0) is 14.8 Å². The highest BCUT2D eigenvalue weighted by molar-refractivity contribution is 7.89. The predicted octanol–water partition coefficient (Wildman–Crippen LogP) is 1.10. The standard InChI is InChI=1S/C16H24N2O5S/c1-17-10-12-5-4-8-18(11-12)24(20,21)13-6-7-14(16(19)23-3)15(9-13)22-2/h6-7,9,12,17H,4-5,8,10-11H2,1-3H3. The Kier molecular flexibility index (Phi) is 6.20. The molecule has 1 heterocycles. The van der Waals surface area contributed by atoms with Gasteiger partial charge in [-0.3, -0.25) is 0 Å². The van der Waals surface area contributed by atoms with Crippen LogP contribution in [0.2, 0.25) is 0 Å². The summed E-state index contributed by atoms with van der Waals surface area (Å²) in [7, 11) is 0.900. The van der Waals surface area contributed by atoms with Gasteiger partial charge >= 0.3 is 5.97 Å². The minimum atomic E-state index is -3.62. The Labute approximate surface area is 143 Å². The summed E-state index contributed by atoms with van der Waals surface area (Å²) in [4.78, 5) is 11.8. The number of piperidine rings is 1. The maximum absolute atomic E-state index is 12.9. The smallest absolute Gasteiger partial charge is 0.341 e. The molecule has 0 spiro atoms. The van der Waals surface area contributed by atoms with Crippen LogP contribution < -0.4 is 10.1 Å². The van der Waals surface area contributed by atoms with Gasteiger partial charge in [0.25, 0.3) is 0 Å². The second kappa shape index (κ2) is 7.96. The Balaban J connectivity index is 2.30. The number of carbonyl (C=O) groups excluding carboxylic acids is 1. The fourth-order valence-electron chi connectivity index (χ4n) is 2.96. The van der Waals surface area contributed by atoms with Crippen molar-refractivity contribution >= 4 is 16.0 Å². The van der Waals surface area contributed by atoms with E-state index in [0.717, 1.165) is 19.4 Å². The summed E-state index contributed by atoms with van der Waals surface area (Å²) in [5.74, 6) is -0.0793. The second-order valence-electron chi connectivity index (χ2n) is 5.78. The number of hydrogen-bond donors (Lipinski definition) is 1. The lowest BCUT2D eigenvalue weighted by atomic mass is 10.00. The number of esters is 1. The van der Waals surface area contributed by atoms with Gasteiger partial charge in [0.2, 0.25) is 10.0 Å². The first-order valence-electron chi connectivity index (χ1n) is 7.85. The average Bonchev–Trinajstić information content (AvgIpc) is 2.61. The van der Waals surface area contributed by atoms with Gasteiger partial charge in [0.15, 0.2) is 0 Å². The topological polar surface area (TPSA) is 84.9 Å². The molecule has 24 heavy (non-hydrogen) atoms. The highest BCUT2D eigenvalue weighted by Gasteiger charge is 2.31. The molecule has 8 heteroatoms. The SMILES string of the molecule is CNCC1CCCN(S(=O)(=O)c2ccc(C(=O)OC)c(OC)c2)C1. The number of nitrogens with one attached hydrogen (secondary N) is 1. The fraction of sp³-hybridized carbons (Fsp3) is 0.562. The Morgan fingerprint density at radius 1 is 1.38 bits per heavy atom. The fourth-order valence-corrected chi connectivity index (χ4v) is 4.53. The number of nitrogens with zero attached hydrogens (tertiary/aromatic N) is 1. The van der Waals surface area contributed by atoms with Crippen molar-refractivity contribution in [1.29, 1.82) is 0 Å². The van der Waals surface area contributed by atoms with Crippen LogP contribution in [0.1, 0.15) is 23.2 Å². The van der Waals surface area contributed by atoms with Crippen LogP contribution in [0.25, 0.3) is 0 Å². The van der Waals surface area contributed by atoms with Gasteiger partial charge in [-0.05, 0) is 44.5 Å². The summed E-state index contributed by atoms with van der Waals surface area (Å²) in [6.07, 6.45) is 1.85. The van der Waals surface area contributed by atoms with Gasteiger partial charge in [0.1, 0.15) is 11.3 Å². The lowest BCUT2D eigenvalue weighted by molar-refractivity contribution is 0.0597. The highest BCUT2D eigenvalue weighted by Crippen LogP contribution is 2.28. The lowest BCUT2D eigenvalue weighted by Gasteiger charge is -2.32. The zero-order valence-electron chi connectivity index (χ0n) is 14.2. The molecule has 0 radical (unpaired) electrons. The summed E-state index contributed by atoms with van der Waals surface area (Å²) in [6.45, 7) is 1.78. The van der Waals surface area contributed by atoms with Crippen molar-refractivity contribution in [2.75, 3.05) is 40.9 Å². The minimum absolute atomic E-state index is 0.122. The maximum Gasteiger partial charge on any atom is 0.341 e. The molecule has 1 atom stereocenters. The van der Waals surface area contributed by atoms with E-state index in [0.29, 0.717) is 19.0 Å². The van der Waals surface area contributed by atoms with Gasteiger partial charge in [-0.25, -0.2) is 13.2 Å². The molecule has 1 aromatic rings. The van der Waals surface area contributed by atoms with E-state index >= 15 is 0 Å². The molecule has 1 aromatic carbocycles. The molecule has 1 fully saturated rings. The Bertz CT molecular complexity index is 688. The first kappa shape index (κ1) is 18.7. The first-order chi connectivity index (χ1) is 11.4. The van der Waals surface area contributed by atoms with Crippen LogP contribution in [0.5, 0.6) is 5.75 Å². The normalized spacial score (nSPS) is 19.0. The van der Waals surface area contributed by atoms with Crippen molar-refractivity contribution < 1.29 is 22.7 Å². The third kappa shape index (κ3) is 3.88. The van der Waals surface area contributed by atoms with E-state index in [1.54, 1.807) is 0 Å². The van der Waals surface area contributed by atoms with Crippen LogP contribution in [0.4, 0.5) is 0 Å². The highest BCUT2D eigenvalue weighted by atomic mass is 32.2. The molecular weight excluding hydrogens is 332 g/mol. The minimum Gasteiger partial charge on any atom is -0.496 e. The number of ether oxygens (including phenoxy) is 2. The van der Waals surface area contributed by atoms with Gasteiger partial charge in [0, 0.05) is 19.2 Å². The van der Waals surface area contributed by atoms with Crippen molar-refractivity contribution in [2.45, 2.75) is 17.7 Å². The monoisotopic (exact) mass is 356 g/mol. The van der Waals surface area contributed by atoms with E-state index in [-0.39, 0.29) is 16.2 Å². The summed E-state index contributed by atoms with van der Waals surface area (Å²) >= 11 is 0. The average molecular weight is 356 g/mol. The Morgan fingerprint density at radius 3 is 2.75 bits per heavy atom. The molecule has 0 saturated carbocycles.